The van der Waals surface area contributed by atoms with Crippen LogP contribution in [0, 0.1) is 0 Å². The van der Waals surface area contributed by atoms with E-state index in [4.69, 9.17) is 14.4 Å². The molecule has 0 aliphatic carbocycles. The Kier molecular flexibility index (Phi) is 4.82. The molecule has 1 N–H and O–H groups in total. The number of hydrogen-bond acceptors (Lipinski definition) is 4. The number of hydrogen-bond donors (Lipinski definition) is 1. The van der Waals surface area contributed by atoms with Gasteiger partial charge in [0.05, 0.1) is 26.4 Å². The monoisotopic (exact) mass is 220 g/mol. The number of allylic oxidation sites excluding steroid dienone is 1. The third-order valence-electron chi connectivity index (χ3n) is 2.01. The third kappa shape index (κ3) is 3.93. The van der Waals surface area contributed by atoms with Crippen molar-refractivity contribution >= 4 is 7.37 Å². The molecular weight excluding hydrogens is 203 g/mol. The van der Waals surface area contributed by atoms with Crippen LogP contribution in [-0.4, -0.2) is 37.7 Å². The van der Waals surface area contributed by atoms with Gasteiger partial charge in [0.25, 0.3) is 0 Å². The molecule has 0 saturated carbocycles. The average Bonchev–Trinajstić information content (AvgIpc) is 2.47. The highest BCUT2D eigenvalue weighted by Crippen LogP contribution is 2.54. The molecule has 14 heavy (non-hydrogen) atoms. The highest BCUT2D eigenvalue weighted by Gasteiger charge is 2.25. The van der Waals surface area contributed by atoms with Gasteiger partial charge in [-0.1, -0.05) is 5.57 Å². The van der Waals surface area contributed by atoms with Gasteiger partial charge in [-0.05, 0) is 19.2 Å². The van der Waals surface area contributed by atoms with E-state index in [0.29, 0.717) is 26.0 Å². The van der Waals surface area contributed by atoms with Crippen LogP contribution in [-0.2, 0) is 13.8 Å². The zero-order chi connectivity index (χ0) is 10.4. The summed E-state index contributed by atoms with van der Waals surface area (Å²) in [6.45, 7) is 3.00. The maximum Gasteiger partial charge on any atom is 0.225 e. The van der Waals surface area contributed by atoms with Crippen LogP contribution in [0.25, 0.3) is 0 Å². The van der Waals surface area contributed by atoms with Gasteiger partial charge in [-0.15, -0.1) is 0 Å². The maximum absolute atomic E-state index is 11.9. The fourth-order valence-corrected chi connectivity index (χ4v) is 3.50. The zero-order valence-corrected chi connectivity index (χ0v) is 9.33. The van der Waals surface area contributed by atoms with Gasteiger partial charge in [-0.3, -0.25) is 4.57 Å². The Balaban J connectivity index is 2.15. The molecule has 0 aromatic carbocycles. The number of ether oxygens (including phenoxy) is 1. The first-order chi connectivity index (χ1) is 6.66. The normalized spacial score (nSPS) is 26.6. The molecule has 1 aliphatic rings. The molecule has 0 radical (unpaired) electrons. The molecule has 82 valence electrons. The first kappa shape index (κ1) is 11.9. The largest absolute Gasteiger partial charge is 0.394 e. The summed E-state index contributed by atoms with van der Waals surface area (Å²) in [6.07, 6.45) is 1.49. The quantitative estimate of drug-likeness (QED) is 0.545. The second-order valence-corrected chi connectivity index (χ2v) is 5.76. The van der Waals surface area contributed by atoms with Gasteiger partial charge in [0.15, 0.2) is 0 Å². The molecule has 0 amide bonds. The standard InChI is InChI=1S/C9H17O4P/c1-9-2-7-14(11,8-9)13-6-5-12-4-3-10/h8,10H,2-7H2,1H3. The minimum absolute atomic E-state index is 0.0106. The minimum atomic E-state index is -2.48. The molecule has 4 nitrogen and oxygen atoms in total. The molecule has 1 aliphatic heterocycles. The van der Waals surface area contributed by atoms with E-state index in [1.54, 1.807) is 5.82 Å². The predicted octanol–water partition coefficient (Wildman–Crippen LogP) is 1.60. The summed E-state index contributed by atoms with van der Waals surface area (Å²) in [5.41, 5.74) is 1.14. The lowest BCUT2D eigenvalue weighted by molar-refractivity contribution is 0.0716. The minimum Gasteiger partial charge on any atom is -0.394 e. The van der Waals surface area contributed by atoms with E-state index >= 15 is 0 Å². The van der Waals surface area contributed by atoms with Crippen LogP contribution in [0.15, 0.2) is 11.4 Å². The summed E-state index contributed by atoms with van der Waals surface area (Å²) in [5, 5.41) is 8.43. The Hall–Kier alpha value is -0.150. The SMILES string of the molecule is CC1=CP(=O)(OCCOCCO)CC1. The van der Waals surface area contributed by atoms with Gasteiger partial charge in [0, 0.05) is 6.16 Å². The molecule has 0 spiro atoms. The van der Waals surface area contributed by atoms with Crippen LogP contribution >= 0.6 is 7.37 Å². The highest BCUT2D eigenvalue weighted by molar-refractivity contribution is 7.62. The predicted molar refractivity (Wildman–Crippen MR) is 54.7 cm³/mol. The first-order valence-electron chi connectivity index (χ1n) is 4.76. The van der Waals surface area contributed by atoms with Crippen LogP contribution in [0.2, 0.25) is 0 Å². The maximum atomic E-state index is 11.9. The summed E-state index contributed by atoms with van der Waals surface area (Å²) < 4.78 is 22.1. The molecule has 1 rings (SSSR count). The fourth-order valence-electron chi connectivity index (χ4n) is 1.32. The molecule has 0 fully saturated rings. The van der Waals surface area contributed by atoms with Crippen molar-refractivity contribution in [1.29, 1.82) is 0 Å². The van der Waals surface area contributed by atoms with E-state index in [9.17, 15) is 4.57 Å². The van der Waals surface area contributed by atoms with Crippen LogP contribution in [0.4, 0.5) is 0 Å². The lowest BCUT2D eigenvalue weighted by Crippen LogP contribution is -2.06. The molecule has 1 atom stereocenters. The van der Waals surface area contributed by atoms with E-state index in [2.05, 4.69) is 0 Å². The van der Waals surface area contributed by atoms with Crippen molar-refractivity contribution in [2.24, 2.45) is 0 Å². The van der Waals surface area contributed by atoms with Crippen molar-refractivity contribution in [2.45, 2.75) is 13.3 Å². The average molecular weight is 220 g/mol. The summed E-state index contributed by atoms with van der Waals surface area (Å²) in [4.78, 5) is 0. The number of rotatable bonds is 6. The van der Waals surface area contributed by atoms with Crippen molar-refractivity contribution in [1.82, 2.24) is 0 Å². The van der Waals surface area contributed by atoms with Gasteiger partial charge >= 0.3 is 0 Å². The topological polar surface area (TPSA) is 55.8 Å². The van der Waals surface area contributed by atoms with E-state index in [0.717, 1.165) is 12.0 Å². The van der Waals surface area contributed by atoms with E-state index in [1.165, 1.54) is 0 Å². The summed E-state index contributed by atoms with van der Waals surface area (Å²) in [6, 6.07) is 0. The van der Waals surface area contributed by atoms with Gasteiger partial charge in [-0.25, -0.2) is 0 Å². The van der Waals surface area contributed by atoms with Crippen molar-refractivity contribution < 1.29 is 18.9 Å². The van der Waals surface area contributed by atoms with Crippen molar-refractivity contribution in [3.05, 3.63) is 11.4 Å². The molecule has 0 bridgehead atoms. The first-order valence-corrected chi connectivity index (χ1v) is 6.64. The Morgan fingerprint density at radius 3 is 2.86 bits per heavy atom. The molecular formula is C9H17O4P. The number of aliphatic hydroxyl groups is 1. The van der Waals surface area contributed by atoms with Gasteiger partial charge in [0.1, 0.15) is 0 Å². The van der Waals surface area contributed by atoms with Crippen molar-refractivity contribution in [3.63, 3.8) is 0 Å². The third-order valence-corrected chi connectivity index (χ3v) is 4.31. The Morgan fingerprint density at radius 2 is 2.29 bits per heavy atom. The molecule has 5 heteroatoms. The molecule has 0 aromatic rings. The van der Waals surface area contributed by atoms with Crippen molar-refractivity contribution in [3.8, 4) is 0 Å². The zero-order valence-electron chi connectivity index (χ0n) is 8.44. The summed E-state index contributed by atoms with van der Waals surface area (Å²) >= 11 is 0. The molecule has 1 unspecified atom stereocenters. The van der Waals surface area contributed by atoms with E-state index in [-0.39, 0.29) is 6.61 Å². The second kappa shape index (κ2) is 5.66. The Morgan fingerprint density at radius 1 is 1.50 bits per heavy atom. The van der Waals surface area contributed by atoms with Crippen LogP contribution in [0.5, 0.6) is 0 Å². The van der Waals surface area contributed by atoms with E-state index in [1.807, 2.05) is 6.92 Å². The molecule has 0 aromatic heterocycles. The Bertz CT molecular complexity index is 249. The Labute approximate surface area is 84.4 Å². The lowest BCUT2D eigenvalue weighted by atomic mass is 10.3. The van der Waals surface area contributed by atoms with Crippen molar-refractivity contribution in [2.75, 3.05) is 32.6 Å². The van der Waals surface area contributed by atoms with E-state index < -0.39 is 7.37 Å². The van der Waals surface area contributed by atoms with Gasteiger partial charge in [-0.2, -0.15) is 0 Å². The highest BCUT2D eigenvalue weighted by atomic mass is 31.2. The van der Waals surface area contributed by atoms with Gasteiger partial charge in [0.2, 0.25) is 7.37 Å². The number of aliphatic hydroxyl groups excluding tert-OH is 1. The summed E-state index contributed by atoms with van der Waals surface area (Å²) in [5.74, 6) is 1.75. The second-order valence-electron chi connectivity index (χ2n) is 3.34. The van der Waals surface area contributed by atoms with Crippen LogP contribution in [0.1, 0.15) is 13.3 Å². The van der Waals surface area contributed by atoms with Crippen LogP contribution in [0.3, 0.4) is 0 Å². The van der Waals surface area contributed by atoms with Gasteiger partial charge < -0.3 is 14.4 Å². The molecule has 0 saturated heterocycles. The fraction of sp³-hybridized carbons (Fsp3) is 0.778. The van der Waals surface area contributed by atoms with Crippen LogP contribution < -0.4 is 0 Å². The molecule has 1 heterocycles. The summed E-state index contributed by atoms with van der Waals surface area (Å²) in [7, 11) is -2.48. The smallest absolute Gasteiger partial charge is 0.225 e. The lowest BCUT2D eigenvalue weighted by Gasteiger charge is -2.10.